The summed E-state index contributed by atoms with van der Waals surface area (Å²) >= 11 is 1.58. The van der Waals surface area contributed by atoms with Crippen molar-refractivity contribution in [3.8, 4) is 0 Å². The number of benzene rings is 1. The minimum absolute atomic E-state index is 0.0200. The maximum atomic E-state index is 11.5. The highest BCUT2D eigenvalue weighted by molar-refractivity contribution is 8.00. The lowest BCUT2D eigenvalue weighted by Gasteiger charge is -2.36. The van der Waals surface area contributed by atoms with Crippen molar-refractivity contribution in [1.29, 1.82) is 0 Å². The van der Waals surface area contributed by atoms with Crippen LogP contribution in [-0.4, -0.2) is 29.9 Å². The summed E-state index contributed by atoms with van der Waals surface area (Å²) in [6.45, 7) is 1.04. The molecular weight excluding hydrogens is 284 g/mol. The molecule has 1 saturated carbocycles. The monoisotopic (exact) mass is 306 g/mol. The lowest BCUT2D eigenvalue weighted by molar-refractivity contribution is -0.113. The Morgan fingerprint density at radius 3 is 2.86 bits per heavy atom. The second-order valence-electron chi connectivity index (χ2n) is 6.12. The Kier molecular flexibility index (Phi) is 4.40. The molecule has 1 amide bonds. The van der Waals surface area contributed by atoms with Gasteiger partial charge in [-0.2, -0.15) is 0 Å². The lowest BCUT2D eigenvalue weighted by atomic mass is 9.74. The molecule has 0 bridgehead atoms. The van der Waals surface area contributed by atoms with E-state index in [9.17, 15) is 9.90 Å². The number of anilines is 2. The fourth-order valence-electron chi connectivity index (χ4n) is 3.18. The predicted octanol–water partition coefficient (Wildman–Crippen LogP) is 3.09. The number of aliphatic hydroxyl groups excluding tert-OH is 1. The first kappa shape index (κ1) is 14.7. The molecule has 0 spiro atoms. The topological polar surface area (TPSA) is 61.4 Å². The first-order valence-electron chi connectivity index (χ1n) is 7.62. The largest absolute Gasteiger partial charge is 0.396 e. The van der Waals surface area contributed by atoms with Crippen LogP contribution < -0.4 is 10.6 Å². The van der Waals surface area contributed by atoms with Crippen LogP contribution in [0.2, 0.25) is 0 Å². The average Bonchev–Trinajstić information content (AvgIpc) is 2.53. The Hall–Kier alpha value is -1.20. The molecule has 0 atom stereocenters. The Morgan fingerprint density at radius 1 is 1.29 bits per heavy atom. The van der Waals surface area contributed by atoms with E-state index in [-0.39, 0.29) is 17.9 Å². The zero-order valence-electron chi connectivity index (χ0n) is 12.2. The zero-order valence-corrected chi connectivity index (χ0v) is 13.0. The van der Waals surface area contributed by atoms with Gasteiger partial charge < -0.3 is 15.7 Å². The van der Waals surface area contributed by atoms with E-state index in [0.29, 0.717) is 5.75 Å². The van der Waals surface area contributed by atoms with Gasteiger partial charge in [0, 0.05) is 22.5 Å². The molecule has 3 rings (SSSR count). The number of hydrogen-bond acceptors (Lipinski definition) is 4. The first-order chi connectivity index (χ1) is 10.2. The van der Waals surface area contributed by atoms with E-state index < -0.39 is 0 Å². The molecule has 1 heterocycles. The van der Waals surface area contributed by atoms with E-state index in [4.69, 9.17) is 0 Å². The standard InChI is InChI=1S/C16H22N2O2S/c19-11-16(6-2-1-3-7-16)10-17-12-4-5-14-13(8-12)18-15(20)9-21-14/h4-5,8,17,19H,1-3,6-7,9-11H2,(H,18,20). The Morgan fingerprint density at radius 2 is 2.10 bits per heavy atom. The van der Waals surface area contributed by atoms with Gasteiger partial charge in [0.05, 0.1) is 18.0 Å². The number of nitrogens with one attached hydrogen (secondary N) is 2. The van der Waals surface area contributed by atoms with Crippen molar-refractivity contribution in [3.63, 3.8) is 0 Å². The highest BCUT2D eigenvalue weighted by Crippen LogP contribution is 2.37. The molecule has 1 aromatic rings. The number of carbonyl (C=O) groups is 1. The van der Waals surface area contributed by atoms with Crippen molar-refractivity contribution < 1.29 is 9.90 Å². The van der Waals surface area contributed by atoms with Gasteiger partial charge in [-0.25, -0.2) is 0 Å². The van der Waals surface area contributed by atoms with Crippen molar-refractivity contribution >= 4 is 29.0 Å². The van der Waals surface area contributed by atoms with Crippen molar-refractivity contribution in [2.45, 2.75) is 37.0 Å². The zero-order chi connectivity index (χ0) is 14.7. The van der Waals surface area contributed by atoms with Crippen LogP contribution in [0.25, 0.3) is 0 Å². The third kappa shape index (κ3) is 3.35. The van der Waals surface area contributed by atoms with Crippen molar-refractivity contribution in [2.75, 3.05) is 29.5 Å². The summed E-state index contributed by atoms with van der Waals surface area (Å²) in [5, 5.41) is 16.1. The van der Waals surface area contributed by atoms with E-state index in [2.05, 4.69) is 16.7 Å². The number of rotatable bonds is 4. The molecule has 1 fully saturated rings. The molecule has 1 aliphatic heterocycles. The summed E-state index contributed by atoms with van der Waals surface area (Å²) < 4.78 is 0. The van der Waals surface area contributed by atoms with Gasteiger partial charge in [0.2, 0.25) is 5.91 Å². The second kappa shape index (κ2) is 6.28. The number of carbonyl (C=O) groups excluding carboxylic acids is 1. The van der Waals surface area contributed by atoms with Crippen molar-refractivity contribution in [3.05, 3.63) is 18.2 Å². The van der Waals surface area contributed by atoms with Gasteiger partial charge in [0.1, 0.15) is 0 Å². The van der Waals surface area contributed by atoms with E-state index in [1.165, 1.54) is 19.3 Å². The van der Waals surface area contributed by atoms with Gasteiger partial charge in [-0.1, -0.05) is 19.3 Å². The molecule has 0 saturated heterocycles. The van der Waals surface area contributed by atoms with Crippen molar-refractivity contribution in [2.24, 2.45) is 5.41 Å². The average molecular weight is 306 g/mol. The lowest BCUT2D eigenvalue weighted by Crippen LogP contribution is -2.35. The molecule has 3 N–H and O–H groups in total. The summed E-state index contributed by atoms with van der Waals surface area (Å²) in [6, 6.07) is 6.10. The van der Waals surface area contributed by atoms with E-state index >= 15 is 0 Å². The summed E-state index contributed by atoms with van der Waals surface area (Å²) in [4.78, 5) is 12.6. The number of thioether (sulfide) groups is 1. The Labute approximate surface area is 129 Å². The molecular formula is C16H22N2O2S. The van der Waals surface area contributed by atoms with Crippen LogP contribution in [0.5, 0.6) is 0 Å². The second-order valence-corrected chi connectivity index (χ2v) is 7.14. The van der Waals surface area contributed by atoms with Crippen LogP contribution in [0.15, 0.2) is 23.1 Å². The van der Waals surface area contributed by atoms with Gasteiger partial charge in [-0.15, -0.1) is 11.8 Å². The van der Waals surface area contributed by atoms with Gasteiger partial charge >= 0.3 is 0 Å². The molecule has 1 aromatic carbocycles. The first-order valence-corrected chi connectivity index (χ1v) is 8.61. The summed E-state index contributed by atoms with van der Waals surface area (Å²) in [5.41, 5.74) is 1.92. The van der Waals surface area contributed by atoms with E-state index in [0.717, 1.165) is 35.7 Å². The number of aliphatic hydroxyl groups is 1. The minimum Gasteiger partial charge on any atom is -0.396 e. The summed E-state index contributed by atoms with van der Waals surface area (Å²) in [6.07, 6.45) is 5.88. The molecule has 0 unspecified atom stereocenters. The quantitative estimate of drug-likeness (QED) is 0.800. The van der Waals surface area contributed by atoms with E-state index in [1.807, 2.05) is 12.1 Å². The van der Waals surface area contributed by atoms with Crippen LogP contribution >= 0.6 is 11.8 Å². The fourth-order valence-corrected chi connectivity index (χ4v) is 3.96. The Balaban J connectivity index is 1.67. The molecule has 0 radical (unpaired) electrons. The van der Waals surface area contributed by atoms with E-state index in [1.54, 1.807) is 11.8 Å². The maximum Gasteiger partial charge on any atom is 0.234 e. The number of fused-ring (bicyclic) bond motifs is 1. The highest BCUT2D eigenvalue weighted by atomic mass is 32.2. The highest BCUT2D eigenvalue weighted by Gasteiger charge is 2.31. The normalized spacial score (nSPS) is 20.5. The molecule has 1 aliphatic carbocycles. The SMILES string of the molecule is O=C1CSc2ccc(NCC3(CO)CCCCC3)cc2N1. The van der Waals surface area contributed by atoms with Crippen LogP contribution in [0, 0.1) is 5.41 Å². The molecule has 4 nitrogen and oxygen atoms in total. The van der Waals surface area contributed by atoms with Gasteiger partial charge in [0.25, 0.3) is 0 Å². The minimum atomic E-state index is 0.0200. The van der Waals surface area contributed by atoms with Crippen LogP contribution in [0.4, 0.5) is 11.4 Å². The molecule has 0 aromatic heterocycles. The molecule has 114 valence electrons. The number of amides is 1. The maximum absolute atomic E-state index is 11.5. The molecule has 21 heavy (non-hydrogen) atoms. The smallest absolute Gasteiger partial charge is 0.234 e. The van der Waals surface area contributed by atoms with Crippen molar-refractivity contribution in [1.82, 2.24) is 0 Å². The van der Waals surface area contributed by atoms with Crippen LogP contribution in [0.1, 0.15) is 32.1 Å². The number of hydrogen-bond donors (Lipinski definition) is 3. The molecule has 2 aliphatic rings. The third-order valence-corrected chi connectivity index (χ3v) is 5.60. The van der Waals surface area contributed by atoms with Crippen LogP contribution in [0.3, 0.4) is 0 Å². The van der Waals surface area contributed by atoms with Crippen LogP contribution in [-0.2, 0) is 4.79 Å². The summed E-state index contributed by atoms with van der Waals surface area (Å²) in [7, 11) is 0. The van der Waals surface area contributed by atoms with Gasteiger partial charge in [-0.3, -0.25) is 4.79 Å². The fraction of sp³-hybridized carbons (Fsp3) is 0.562. The predicted molar refractivity (Wildman–Crippen MR) is 86.9 cm³/mol. The van der Waals surface area contributed by atoms with Gasteiger partial charge in [-0.05, 0) is 31.0 Å². The Bertz CT molecular complexity index is 527. The molecule has 5 heteroatoms. The third-order valence-electron chi connectivity index (χ3n) is 4.53. The summed E-state index contributed by atoms with van der Waals surface area (Å²) in [5.74, 6) is 0.552. The van der Waals surface area contributed by atoms with Gasteiger partial charge in [0.15, 0.2) is 0 Å².